The van der Waals surface area contributed by atoms with E-state index in [0.717, 1.165) is 0 Å². The van der Waals surface area contributed by atoms with Crippen molar-refractivity contribution in [2.24, 2.45) is 5.73 Å². The third kappa shape index (κ3) is 2.09. The Kier molecular flexibility index (Phi) is 3.89. The van der Waals surface area contributed by atoms with E-state index in [-0.39, 0.29) is 12.3 Å². The Morgan fingerprint density at radius 1 is 1.15 bits per heavy atom. The smallest absolute Gasteiger partial charge is 0.240 e. The maximum atomic E-state index is 14.2. The fourth-order valence-corrected chi connectivity index (χ4v) is 2.11. The second kappa shape index (κ2) is 5.46. The third-order valence-electron chi connectivity index (χ3n) is 3.09. The maximum absolute atomic E-state index is 14.2. The molecule has 0 radical (unpaired) electrons. The van der Waals surface area contributed by atoms with Crippen molar-refractivity contribution < 1.29 is 18.4 Å². The van der Waals surface area contributed by atoms with Crippen molar-refractivity contribution in [1.29, 1.82) is 0 Å². The molecule has 0 aliphatic heterocycles. The Labute approximate surface area is 115 Å². The van der Waals surface area contributed by atoms with Gasteiger partial charge in [0.1, 0.15) is 5.75 Å². The topological polar surface area (TPSA) is 83.4 Å². The summed E-state index contributed by atoms with van der Waals surface area (Å²) in [7, 11) is 2.86. The monoisotopic (exact) mass is 281 g/mol. The number of rotatable bonds is 4. The number of hydrogen-bond acceptors (Lipinski definition) is 6. The molecule has 0 amide bonds. The predicted molar refractivity (Wildman–Crippen MR) is 70.2 cm³/mol. The zero-order valence-electron chi connectivity index (χ0n) is 11.8. The molecule has 0 atom stereocenters. The molecule has 0 spiro atoms. The van der Waals surface area contributed by atoms with E-state index in [1.54, 1.807) is 13.8 Å². The lowest BCUT2D eigenvalue weighted by molar-refractivity contribution is 0.369. The molecule has 0 saturated heterocycles. The number of aromatic nitrogens is 2. The first-order chi connectivity index (χ1) is 9.54. The average molecular weight is 281 g/mol. The molecule has 2 rings (SSSR count). The number of halogens is 1. The van der Waals surface area contributed by atoms with E-state index < -0.39 is 5.82 Å². The Balaban J connectivity index is 2.76. The van der Waals surface area contributed by atoms with E-state index >= 15 is 0 Å². The lowest BCUT2D eigenvalue weighted by Gasteiger charge is -2.16. The Bertz CT molecular complexity index is 640. The van der Waals surface area contributed by atoms with Gasteiger partial charge in [-0.3, -0.25) is 0 Å². The van der Waals surface area contributed by atoms with Crippen LogP contribution in [0.5, 0.6) is 11.5 Å². The molecule has 6 nitrogen and oxygen atoms in total. The molecule has 1 aromatic carbocycles. The number of hydrogen-bond donors (Lipinski definition) is 1. The lowest BCUT2D eigenvalue weighted by atomic mass is 10.0. The van der Waals surface area contributed by atoms with Gasteiger partial charge in [-0.1, -0.05) is 5.16 Å². The van der Waals surface area contributed by atoms with E-state index in [9.17, 15) is 4.39 Å². The zero-order valence-corrected chi connectivity index (χ0v) is 11.8. The van der Waals surface area contributed by atoms with Gasteiger partial charge in [-0.2, -0.15) is 4.98 Å². The number of nitrogens with two attached hydrogens (primary N) is 1. The minimum Gasteiger partial charge on any atom is -0.496 e. The fourth-order valence-electron chi connectivity index (χ4n) is 2.11. The normalized spacial score (nSPS) is 10.7. The van der Waals surface area contributed by atoms with Crippen molar-refractivity contribution in [2.75, 3.05) is 14.2 Å². The highest BCUT2D eigenvalue weighted by Crippen LogP contribution is 2.41. The first-order valence-electron chi connectivity index (χ1n) is 5.98. The molecule has 2 aromatic rings. The molecule has 1 heterocycles. The molecule has 7 heteroatoms. The average Bonchev–Trinajstić information content (AvgIpc) is 2.91. The van der Waals surface area contributed by atoms with Gasteiger partial charge in [-0.15, -0.1) is 0 Å². The molecular formula is C13H16FN3O3. The van der Waals surface area contributed by atoms with Crippen LogP contribution in [-0.4, -0.2) is 24.4 Å². The van der Waals surface area contributed by atoms with Gasteiger partial charge in [0.2, 0.25) is 11.7 Å². The van der Waals surface area contributed by atoms with Crippen LogP contribution in [0, 0.1) is 19.7 Å². The summed E-state index contributed by atoms with van der Waals surface area (Å²) >= 11 is 0. The van der Waals surface area contributed by atoms with Crippen molar-refractivity contribution in [2.45, 2.75) is 20.4 Å². The minimum atomic E-state index is -0.465. The van der Waals surface area contributed by atoms with Crippen molar-refractivity contribution >= 4 is 0 Å². The van der Waals surface area contributed by atoms with Crippen LogP contribution in [-0.2, 0) is 6.54 Å². The van der Waals surface area contributed by atoms with Gasteiger partial charge in [0.25, 0.3) is 0 Å². The molecule has 1 aromatic heterocycles. The molecule has 0 unspecified atom stereocenters. The van der Waals surface area contributed by atoms with Gasteiger partial charge in [0.15, 0.2) is 11.6 Å². The number of methoxy groups -OCH3 is 2. The van der Waals surface area contributed by atoms with Crippen LogP contribution in [0.1, 0.15) is 17.0 Å². The van der Waals surface area contributed by atoms with Crippen molar-refractivity contribution in [3.05, 3.63) is 22.8 Å². The van der Waals surface area contributed by atoms with Crippen LogP contribution in [0.3, 0.4) is 0 Å². The van der Waals surface area contributed by atoms with Crippen molar-refractivity contribution in [3.8, 4) is 22.9 Å². The van der Waals surface area contributed by atoms with E-state index in [1.165, 1.54) is 14.2 Å². The van der Waals surface area contributed by atoms with Gasteiger partial charge in [0, 0.05) is 11.1 Å². The Morgan fingerprint density at radius 2 is 1.80 bits per heavy atom. The molecule has 2 N–H and O–H groups in total. The van der Waals surface area contributed by atoms with Crippen LogP contribution >= 0.6 is 0 Å². The van der Waals surface area contributed by atoms with Gasteiger partial charge >= 0.3 is 0 Å². The summed E-state index contributed by atoms with van der Waals surface area (Å²) in [5.74, 6) is 0.610. The molecule has 108 valence electrons. The SMILES string of the molecule is COc1c(C)c(-c2noc(CN)n2)c(OC)c(C)c1F. The lowest BCUT2D eigenvalue weighted by Crippen LogP contribution is -2.03. The summed E-state index contributed by atoms with van der Waals surface area (Å²) < 4.78 is 29.6. The highest BCUT2D eigenvalue weighted by molar-refractivity contribution is 5.73. The van der Waals surface area contributed by atoms with E-state index in [4.69, 9.17) is 19.7 Å². The van der Waals surface area contributed by atoms with Gasteiger partial charge in [-0.25, -0.2) is 4.39 Å². The van der Waals surface area contributed by atoms with E-state index in [2.05, 4.69) is 10.1 Å². The molecule has 0 aliphatic rings. The Hall–Kier alpha value is -2.15. The summed E-state index contributed by atoms with van der Waals surface area (Å²) in [5, 5.41) is 3.85. The predicted octanol–water partition coefficient (Wildman–Crippen LogP) is 1.97. The number of benzene rings is 1. The number of nitrogens with zero attached hydrogens (tertiary/aromatic N) is 2. The molecule has 0 fully saturated rings. The largest absolute Gasteiger partial charge is 0.496 e. The summed E-state index contributed by atoms with van der Waals surface area (Å²) in [5.41, 5.74) is 6.84. The Morgan fingerprint density at radius 3 is 2.30 bits per heavy atom. The molecular weight excluding hydrogens is 265 g/mol. The van der Waals surface area contributed by atoms with Crippen LogP contribution in [0.4, 0.5) is 4.39 Å². The molecule has 20 heavy (non-hydrogen) atoms. The molecule has 0 saturated carbocycles. The number of ether oxygens (including phenoxy) is 2. The van der Waals surface area contributed by atoms with Gasteiger partial charge < -0.3 is 19.7 Å². The van der Waals surface area contributed by atoms with Crippen LogP contribution in [0.25, 0.3) is 11.4 Å². The van der Waals surface area contributed by atoms with Crippen molar-refractivity contribution in [1.82, 2.24) is 10.1 Å². The summed E-state index contributed by atoms with van der Waals surface area (Å²) in [6, 6.07) is 0. The van der Waals surface area contributed by atoms with Crippen molar-refractivity contribution in [3.63, 3.8) is 0 Å². The second-order valence-electron chi connectivity index (χ2n) is 4.22. The maximum Gasteiger partial charge on any atom is 0.240 e. The fraction of sp³-hybridized carbons (Fsp3) is 0.385. The zero-order chi connectivity index (χ0) is 14.9. The molecule has 0 aliphatic carbocycles. The first kappa shape index (κ1) is 14.3. The highest BCUT2D eigenvalue weighted by Gasteiger charge is 2.25. The minimum absolute atomic E-state index is 0.131. The van der Waals surface area contributed by atoms with Crippen LogP contribution < -0.4 is 15.2 Å². The van der Waals surface area contributed by atoms with Gasteiger partial charge in [-0.05, 0) is 13.8 Å². The second-order valence-corrected chi connectivity index (χ2v) is 4.22. The summed E-state index contributed by atoms with van der Waals surface area (Å²) in [6.07, 6.45) is 0. The third-order valence-corrected chi connectivity index (χ3v) is 3.09. The summed E-state index contributed by atoms with van der Waals surface area (Å²) in [4.78, 5) is 4.15. The van der Waals surface area contributed by atoms with Crippen LogP contribution in [0.15, 0.2) is 4.52 Å². The quantitative estimate of drug-likeness (QED) is 0.922. The molecule has 0 bridgehead atoms. The summed E-state index contributed by atoms with van der Waals surface area (Å²) in [6.45, 7) is 3.44. The van der Waals surface area contributed by atoms with Gasteiger partial charge in [0.05, 0.1) is 26.3 Å². The van der Waals surface area contributed by atoms with Crippen LogP contribution in [0.2, 0.25) is 0 Å². The standard InChI is InChI=1S/C13H16FN3O3/c1-6-9(13-16-8(5-15)20-17-13)11(18-3)7(2)10(14)12(6)19-4/h5,15H2,1-4H3. The highest BCUT2D eigenvalue weighted by atomic mass is 19.1. The first-order valence-corrected chi connectivity index (χ1v) is 5.98. The van der Waals surface area contributed by atoms with E-state index in [1.807, 2.05) is 0 Å². The van der Waals surface area contributed by atoms with E-state index in [0.29, 0.717) is 34.2 Å².